The average molecular weight is 633 g/mol. The van der Waals surface area contributed by atoms with Crippen molar-refractivity contribution in [2.45, 2.75) is 67.9 Å². The normalized spacial score (nSPS) is 23.1. The highest BCUT2D eigenvalue weighted by Crippen LogP contribution is 2.30. The van der Waals surface area contributed by atoms with E-state index in [4.69, 9.17) is 0 Å². The molecule has 1 aromatic rings. The molecule has 1 aromatic heterocycles. The maximum Gasteiger partial charge on any atom is 0.0880 e. The molecule has 0 saturated carbocycles. The minimum absolute atomic E-state index is 0.656. The molecule has 2 fully saturated rings. The van der Waals surface area contributed by atoms with Crippen molar-refractivity contribution in [1.82, 2.24) is 34.7 Å². The van der Waals surface area contributed by atoms with Crippen molar-refractivity contribution in [2.75, 3.05) is 104 Å². The van der Waals surface area contributed by atoms with Crippen LogP contribution in [0.1, 0.15) is 67.0 Å². The van der Waals surface area contributed by atoms with Crippen LogP contribution in [0.2, 0.25) is 0 Å². The molecule has 3 aliphatic rings. The van der Waals surface area contributed by atoms with Gasteiger partial charge in [-0.25, -0.2) is 5.01 Å². The molecule has 2 atom stereocenters. The smallest absolute Gasteiger partial charge is 0.0880 e. The molecular formula is C35H69N8P. The van der Waals surface area contributed by atoms with Crippen LogP contribution in [-0.4, -0.2) is 135 Å². The van der Waals surface area contributed by atoms with Crippen molar-refractivity contribution < 1.29 is 0 Å². The van der Waals surface area contributed by atoms with Crippen LogP contribution in [-0.2, 0) is 6.54 Å². The number of hydrazine groups is 1. The third-order valence-electron chi connectivity index (χ3n) is 8.54. The van der Waals surface area contributed by atoms with Crippen LogP contribution in [0.25, 0.3) is 0 Å². The lowest BCUT2D eigenvalue weighted by molar-refractivity contribution is 0.0435. The zero-order valence-corrected chi connectivity index (χ0v) is 31.0. The summed E-state index contributed by atoms with van der Waals surface area (Å²) in [7, 11) is -1.11. The van der Waals surface area contributed by atoms with E-state index in [1.807, 2.05) is 6.20 Å². The summed E-state index contributed by atoms with van der Waals surface area (Å²) in [6, 6.07) is 4.28. The van der Waals surface area contributed by atoms with E-state index in [9.17, 15) is 0 Å². The van der Waals surface area contributed by atoms with Crippen molar-refractivity contribution in [1.29, 1.82) is 0 Å². The van der Waals surface area contributed by atoms with Crippen molar-refractivity contribution >= 4 is 19.0 Å². The lowest BCUT2D eigenvalue weighted by atomic mass is 10.0. The number of anilines is 1. The molecule has 0 amide bonds. The van der Waals surface area contributed by atoms with Gasteiger partial charge in [-0.15, -0.1) is 0 Å². The van der Waals surface area contributed by atoms with Crippen molar-refractivity contribution in [3.63, 3.8) is 0 Å². The standard InChI is InChI=1S/C18H31N5.C17H38N3P/c1-15(2)10-20-8-9-22(11-16(3)4)23-14-21(13-20)12-17-18(23)6-5-7-19-17;1-7-9-19-10-8-17(13-18-21(4,5)6)15-20(12-11-19)14-16(2)3/h5-7,15-16H,8-14H2,1-4H3;16-18H,4,7-15H2,1-3,5-6H3. The zero-order valence-electron chi connectivity index (χ0n) is 30.1. The Bertz CT molecular complexity index is 995. The molecule has 4 heterocycles. The van der Waals surface area contributed by atoms with Gasteiger partial charge < -0.3 is 9.80 Å². The summed E-state index contributed by atoms with van der Waals surface area (Å²) in [6.07, 6.45) is 8.80. The summed E-state index contributed by atoms with van der Waals surface area (Å²) in [4.78, 5) is 15.1. The first-order chi connectivity index (χ1) is 20.8. The summed E-state index contributed by atoms with van der Waals surface area (Å²) in [5, 5.41) is 8.70. The van der Waals surface area contributed by atoms with Gasteiger partial charge in [0.05, 0.1) is 24.7 Å². The molecule has 0 radical (unpaired) electrons. The van der Waals surface area contributed by atoms with Gasteiger partial charge in [0.2, 0.25) is 0 Å². The number of nitrogens with zero attached hydrogens (tertiary/aromatic N) is 7. The van der Waals surface area contributed by atoms with Gasteiger partial charge in [-0.05, 0) is 75.1 Å². The number of aromatic nitrogens is 1. The van der Waals surface area contributed by atoms with Gasteiger partial charge in [-0.2, -0.15) is 0 Å². The highest BCUT2D eigenvalue weighted by Gasteiger charge is 2.31. The van der Waals surface area contributed by atoms with Gasteiger partial charge >= 0.3 is 0 Å². The van der Waals surface area contributed by atoms with Crippen molar-refractivity contribution in [3.8, 4) is 0 Å². The highest BCUT2D eigenvalue weighted by molar-refractivity contribution is 7.70. The summed E-state index contributed by atoms with van der Waals surface area (Å²) < 4.78 is 0. The minimum Gasteiger partial charge on any atom is -0.302 e. The van der Waals surface area contributed by atoms with Gasteiger partial charge in [0, 0.05) is 71.6 Å². The fourth-order valence-electron chi connectivity index (χ4n) is 6.73. The van der Waals surface area contributed by atoms with Crippen LogP contribution in [0.4, 0.5) is 5.69 Å². The fourth-order valence-corrected chi connectivity index (χ4v) is 7.48. The van der Waals surface area contributed by atoms with Gasteiger partial charge in [0.15, 0.2) is 0 Å². The summed E-state index contributed by atoms with van der Waals surface area (Å²) >= 11 is 0. The number of fused-ring (bicyclic) bond motifs is 4. The molecule has 2 unspecified atom stereocenters. The number of hydrogen-bond donors (Lipinski definition) is 1. The molecule has 9 heteroatoms. The molecule has 44 heavy (non-hydrogen) atoms. The maximum atomic E-state index is 4.65. The summed E-state index contributed by atoms with van der Waals surface area (Å²) in [5.41, 5.74) is 2.50. The topological polar surface area (TPSA) is 44.4 Å². The van der Waals surface area contributed by atoms with Gasteiger partial charge in [0.25, 0.3) is 0 Å². The monoisotopic (exact) mass is 633 g/mol. The zero-order chi connectivity index (χ0) is 32.3. The Hall–Kier alpha value is -0.990. The number of rotatable bonds is 11. The molecule has 254 valence electrons. The molecule has 0 spiro atoms. The second-order valence-electron chi connectivity index (χ2n) is 15.5. The first-order valence-electron chi connectivity index (χ1n) is 17.6. The van der Waals surface area contributed by atoms with Crippen LogP contribution < -0.4 is 10.1 Å². The Kier molecular flexibility index (Phi) is 15.6. The molecule has 0 aliphatic carbocycles. The molecular weight excluding hydrogens is 563 g/mol. The van der Waals surface area contributed by atoms with Gasteiger partial charge in [-0.3, -0.25) is 24.9 Å². The lowest BCUT2D eigenvalue weighted by Gasteiger charge is -2.48. The molecule has 3 aliphatic heterocycles. The highest BCUT2D eigenvalue weighted by atomic mass is 31.2. The van der Waals surface area contributed by atoms with Crippen molar-refractivity contribution in [2.24, 2.45) is 23.7 Å². The molecule has 8 nitrogen and oxygen atoms in total. The molecule has 2 saturated heterocycles. The summed E-state index contributed by atoms with van der Waals surface area (Å²) in [6.45, 7) is 36.8. The van der Waals surface area contributed by atoms with E-state index in [0.717, 1.165) is 57.9 Å². The van der Waals surface area contributed by atoms with Crippen LogP contribution in [0, 0.1) is 23.7 Å². The predicted molar refractivity (Wildman–Crippen MR) is 195 cm³/mol. The van der Waals surface area contributed by atoms with E-state index in [0.29, 0.717) is 11.8 Å². The fraction of sp³-hybridized carbons (Fsp3) is 0.829. The Balaban J connectivity index is 0.000000242. The van der Waals surface area contributed by atoms with E-state index in [2.05, 4.69) is 120 Å². The molecule has 4 rings (SSSR count). The minimum atomic E-state index is -1.11. The lowest BCUT2D eigenvalue weighted by Crippen LogP contribution is -2.59. The Morgan fingerprint density at radius 3 is 2.20 bits per heavy atom. The van der Waals surface area contributed by atoms with Crippen LogP contribution >= 0.6 is 7.04 Å². The number of hydrogen-bond acceptors (Lipinski definition) is 8. The molecule has 1 N–H and O–H groups in total. The third-order valence-corrected chi connectivity index (χ3v) is 9.58. The van der Waals surface area contributed by atoms with E-state index >= 15 is 0 Å². The van der Waals surface area contributed by atoms with E-state index in [-0.39, 0.29) is 0 Å². The van der Waals surface area contributed by atoms with E-state index < -0.39 is 7.04 Å². The second kappa shape index (κ2) is 18.4. The second-order valence-corrected chi connectivity index (χ2v) is 19.1. The van der Waals surface area contributed by atoms with Crippen molar-refractivity contribution in [3.05, 3.63) is 24.0 Å². The maximum absolute atomic E-state index is 4.65. The first-order valence-corrected chi connectivity index (χ1v) is 20.5. The van der Waals surface area contributed by atoms with Gasteiger partial charge in [-0.1, -0.05) is 61.8 Å². The largest absolute Gasteiger partial charge is 0.302 e. The first kappa shape index (κ1) is 37.5. The molecule has 2 bridgehead atoms. The van der Waals surface area contributed by atoms with Crippen LogP contribution in [0.5, 0.6) is 0 Å². The Labute approximate surface area is 272 Å². The Morgan fingerprint density at radius 1 is 0.886 bits per heavy atom. The predicted octanol–water partition coefficient (Wildman–Crippen LogP) is 5.35. The van der Waals surface area contributed by atoms with E-state index in [1.165, 1.54) is 70.0 Å². The van der Waals surface area contributed by atoms with Gasteiger partial charge in [0.1, 0.15) is 0 Å². The third kappa shape index (κ3) is 13.4. The summed E-state index contributed by atoms with van der Waals surface area (Å²) in [5.74, 6) is 2.89. The number of nitrogens with one attached hydrogen (secondary N) is 1. The average Bonchev–Trinajstić information content (AvgIpc) is 2.91. The quantitative estimate of drug-likeness (QED) is 0.328. The van der Waals surface area contributed by atoms with Crippen LogP contribution in [0.15, 0.2) is 18.3 Å². The molecule has 0 aromatic carbocycles. The Morgan fingerprint density at radius 2 is 1.55 bits per heavy atom. The van der Waals surface area contributed by atoms with E-state index in [1.54, 1.807) is 0 Å². The van der Waals surface area contributed by atoms with Crippen LogP contribution in [0.3, 0.4) is 0 Å². The number of pyridine rings is 1. The SMILES string of the molecule is C=P(C)(C)NCC1CCN(CCC)CCN(CC(C)C)C1.CC(C)CN1CCN(CC(C)C)N2CN(Cc3ncccc32)C1.